The van der Waals surface area contributed by atoms with Crippen LogP contribution in [0.3, 0.4) is 0 Å². The van der Waals surface area contributed by atoms with Crippen molar-refractivity contribution in [2.75, 3.05) is 26.8 Å². The number of carbonyl (C=O) groups is 1. The number of nitrogens with zero attached hydrogens (tertiary/aromatic N) is 5. The number of ether oxygens (including phenoxy) is 2. The molecule has 5 atom stereocenters. The molecule has 2 N–H and O–H groups in total. The van der Waals surface area contributed by atoms with Crippen molar-refractivity contribution >= 4 is 29.3 Å². The number of amides is 1. The van der Waals surface area contributed by atoms with Gasteiger partial charge in [-0.1, -0.05) is 40.7 Å². The van der Waals surface area contributed by atoms with E-state index in [0.29, 0.717) is 39.8 Å². The van der Waals surface area contributed by atoms with E-state index in [-0.39, 0.29) is 17.4 Å². The average molecular weight is 564 g/mol. The smallest absolute Gasteiger partial charge is 0.273 e. The highest BCUT2D eigenvalue weighted by molar-refractivity contribution is 8.00. The summed E-state index contributed by atoms with van der Waals surface area (Å²) >= 11 is 7.39. The van der Waals surface area contributed by atoms with Gasteiger partial charge in [-0.3, -0.25) is 4.79 Å². The van der Waals surface area contributed by atoms with Crippen LogP contribution in [0.1, 0.15) is 28.5 Å². The molecule has 0 aliphatic carbocycles. The zero-order valence-electron chi connectivity index (χ0n) is 20.7. The quantitative estimate of drug-likeness (QED) is 0.446. The summed E-state index contributed by atoms with van der Waals surface area (Å²) < 4.78 is 27.4. The summed E-state index contributed by atoms with van der Waals surface area (Å²) in [5.41, 5.74) is 0.902. The van der Waals surface area contributed by atoms with E-state index in [1.807, 2.05) is 0 Å². The molecule has 2 saturated heterocycles. The zero-order valence-corrected chi connectivity index (χ0v) is 22.3. The first kappa shape index (κ1) is 27.0. The second kappa shape index (κ2) is 11.2. The molecule has 202 valence electrons. The predicted molar refractivity (Wildman–Crippen MR) is 137 cm³/mol. The van der Waals surface area contributed by atoms with Crippen molar-refractivity contribution in [2.24, 2.45) is 0 Å². The molecule has 5 rings (SSSR count). The number of rotatable bonds is 7. The molecule has 3 aromatic rings. The minimum absolute atomic E-state index is 0.207. The van der Waals surface area contributed by atoms with Gasteiger partial charge in [0.2, 0.25) is 0 Å². The minimum Gasteiger partial charge on any atom is -0.394 e. The van der Waals surface area contributed by atoms with Crippen LogP contribution in [0.2, 0.25) is 5.02 Å². The summed E-state index contributed by atoms with van der Waals surface area (Å²) in [6.45, 7) is 2.52. The first-order valence-electron chi connectivity index (χ1n) is 12.1. The second-order valence-corrected chi connectivity index (χ2v) is 10.8. The second-order valence-electron chi connectivity index (χ2n) is 9.22. The lowest BCUT2D eigenvalue weighted by molar-refractivity contribution is -0.186. The monoisotopic (exact) mass is 563 g/mol. The maximum absolute atomic E-state index is 14.2. The molecule has 0 saturated carbocycles. The number of hydrogen-bond donors (Lipinski definition) is 2. The summed E-state index contributed by atoms with van der Waals surface area (Å²) in [4.78, 5) is 19.5. The number of thioether (sulfide) groups is 1. The van der Waals surface area contributed by atoms with E-state index in [1.165, 1.54) is 35.8 Å². The molecule has 2 aromatic heterocycles. The van der Waals surface area contributed by atoms with E-state index in [4.69, 9.17) is 21.1 Å². The van der Waals surface area contributed by atoms with Gasteiger partial charge in [0.1, 0.15) is 47.0 Å². The first-order valence-corrected chi connectivity index (χ1v) is 13.3. The van der Waals surface area contributed by atoms with Gasteiger partial charge >= 0.3 is 0 Å². The van der Waals surface area contributed by atoms with E-state index in [0.717, 1.165) is 6.42 Å². The van der Waals surface area contributed by atoms with Crippen LogP contribution in [0.25, 0.3) is 11.3 Å². The lowest BCUT2D eigenvalue weighted by Gasteiger charge is -2.43. The number of likely N-dealkylation sites (tertiary alicyclic amines) is 1. The van der Waals surface area contributed by atoms with Crippen molar-refractivity contribution in [3.63, 3.8) is 0 Å². The third kappa shape index (κ3) is 5.16. The Morgan fingerprint density at radius 3 is 2.79 bits per heavy atom. The molecule has 4 heterocycles. The van der Waals surface area contributed by atoms with Crippen LogP contribution < -0.4 is 0 Å². The summed E-state index contributed by atoms with van der Waals surface area (Å²) in [6.07, 6.45) is 0.980. The number of benzene rings is 1. The zero-order chi connectivity index (χ0) is 27.0. The molecular weight excluding hydrogens is 537 g/mol. The number of hydrogen-bond acceptors (Lipinski definition) is 9. The van der Waals surface area contributed by atoms with Crippen LogP contribution in [0, 0.1) is 12.7 Å². The van der Waals surface area contributed by atoms with Gasteiger partial charge in [0.05, 0.1) is 17.8 Å². The maximum Gasteiger partial charge on any atom is 0.273 e. The topological polar surface area (TPSA) is 123 Å². The van der Waals surface area contributed by atoms with Crippen molar-refractivity contribution in [3.05, 3.63) is 58.8 Å². The van der Waals surface area contributed by atoms with Crippen LogP contribution >= 0.6 is 23.4 Å². The molecule has 1 aromatic carbocycles. The molecule has 13 heteroatoms. The summed E-state index contributed by atoms with van der Waals surface area (Å²) in [5.74, 6) is -0.574. The third-order valence-electron chi connectivity index (χ3n) is 6.79. The number of aromatic nitrogens is 4. The Balaban J connectivity index is 1.47. The number of methoxy groups -OCH3 is 1. The Kier molecular flexibility index (Phi) is 7.98. The molecular formula is C25H27ClFN5O5S. The molecule has 2 aliphatic heterocycles. The van der Waals surface area contributed by atoms with E-state index in [2.05, 4.69) is 15.3 Å². The van der Waals surface area contributed by atoms with Crippen molar-refractivity contribution in [1.82, 2.24) is 24.9 Å². The summed E-state index contributed by atoms with van der Waals surface area (Å²) in [7, 11) is 1.47. The van der Waals surface area contributed by atoms with Gasteiger partial charge in [-0.05, 0) is 31.0 Å². The number of carbonyl (C=O) groups excluding carboxylic acids is 1. The van der Waals surface area contributed by atoms with E-state index >= 15 is 0 Å². The average Bonchev–Trinajstić information content (AvgIpc) is 3.35. The van der Waals surface area contributed by atoms with Gasteiger partial charge in [0.15, 0.2) is 0 Å². The highest BCUT2D eigenvalue weighted by Gasteiger charge is 2.48. The summed E-state index contributed by atoms with van der Waals surface area (Å²) in [5, 5.41) is 29.8. The number of pyridine rings is 1. The Labute approximate surface area is 227 Å². The maximum atomic E-state index is 14.2. The lowest BCUT2D eigenvalue weighted by Crippen LogP contribution is -2.55. The first-order chi connectivity index (χ1) is 18.3. The Hall–Kier alpha value is -2.61. The normalized spacial score (nSPS) is 25.3. The number of aryl methyl sites for hydroxylation is 1. The SMILES string of the molecule is COC1[C@@H](Sc2cc(Cl)cnc2C(=O)N2CCC2)OC(CO)[C@H](O)[C@@H]1n1cc(-c2ccc(C)c(F)c2)nn1. The van der Waals surface area contributed by atoms with Crippen molar-refractivity contribution in [1.29, 1.82) is 0 Å². The van der Waals surface area contributed by atoms with Crippen LogP contribution in [-0.2, 0) is 9.47 Å². The fourth-order valence-electron chi connectivity index (χ4n) is 4.48. The van der Waals surface area contributed by atoms with E-state index in [9.17, 15) is 19.4 Å². The molecule has 38 heavy (non-hydrogen) atoms. The fourth-order valence-corrected chi connectivity index (χ4v) is 6.01. The Morgan fingerprint density at radius 2 is 2.13 bits per heavy atom. The fraction of sp³-hybridized carbons (Fsp3) is 0.440. The molecule has 0 bridgehead atoms. The Morgan fingerprint density at radius 1 is 1.34 bits per heavy atom. The highest BCUT2D eigenvalue weighted by Crippen LogP contribution is 2.41. The molecule has 2 unspecified atom stereocenters. The van der Waals surface area contributed by atoms with Gasteiger partial charge in [-0.15, -0.1) is 5.10 Å². The van der Waals surface area contributed by atoms with Crippen molar-refractivity contribution < 1.29 is 28.9 Å². The van der Waals surface area contributed by atoms with E-state index < -0.39 is 36.4 Å². The standard InChI is InChI=1S/C25H27ClFN5O5S/c1-13-4-5-14(8-16(13)27)17-11-32(30-29-17)21-22(34)18(12-33)37-25(23(21)36-2)38-19-9-15(26)10-28-20(19)24(35)31-6-3-7-31/h4-5,8-11,18,21-23,25,33-34H,3,6-7,12H2,1-2H3/t18?,21-,22-,23?,25+/m0/s1. The lowest BCUT2D eigenvalue weighted by atomic mass is 9.97. The van der Waals surface area contributed by atoms with Gasteiger partial charge in [-0.2, -0.15) is 0 Å². The van der Waals surface area contributed by atoms with Gasteiger partial charge in [-0.25, -0.2) is 14.1 Å². The van der Waals surface area contributed by atoms with Crippen LogP contribution in [-0.4, -0.2) is 91.6 Å². The third-order valence-corrected chi connectivity index (χ3v) is 8.17. The molecule has 1 amide bonds. The van der Waals surface area contributed by atoms with Crippen molar-refractivity contribution in [2.45, 2.75) is 48.0 Å². The van der Waals surface area contributed by atoms with Crippen LogP contribution in [0.4, 0.5) is 4.39 Å². The molecule has 10 nitrogen and oxygen atoms in total. The molecule has 2 fully saturated rings. The molecule has 0 radical (unpaired) electrons. The molecule has 2 aliphatic rings. The molecule has 0 spiro atoms. The van der Waals surface area contributed by atoms with Crippen LogP contribution in [0.15, 0.2) is 41.6 Å². The Bertz CT molecular complexity index is 1330. The number of halogens is 2. The van der Waals surface area contributed by atoms with Crippen molar-refractivity contribution in [3.8, 4) is 11.3 Å². The largest absolute Gasteiger partial charge is 0.394 e. The van der Waals surface area contributed by atoms with Gasteiger partial charge in [0, 0.05) is 36.9 Å². The van der Waals surface area contributed by atoms with Crippen LogP contribution in [0.5, 0.6) is 0 Å². The van der Waals surface area contributed by atoms with E-state index in [1.54, 1.807) is 36.2 Å². The number of aliphatic hydroxyl groups excluding tert-OH is 2. The van der Waals surface area contributed by atoms with Gasteiger partial charge in [0.25, 0.3) is 5.91 Å². The highest BCUT2D eigenvalue weighted by atomic mass is 35.5. The van der Waals surface area contributed by atoms with Gasteiger partial charge < -0.3 is 24.6 Å². The minimum atomic E-state index is -1.20. The number of aliphatic hydroxyl groups is 2. The predicted octanol–water partition coefficient (Wildman–Crippen LogP) is 2.71. The summed E-state index contributed by atoms with van der Waals surface area (Å²) in [6, 6.07) is 5.57.